The summed E-state index contributed by atoms with van der Waals surface area (Å²) in [6.45, 7) is 0. The summed E-state index contributed by atoms with van der Waals surface area (Å²) >= 11 is 0. The Balaban J connectivity index is 1.07. The van der Waals surface area contributed by atoms with Crippen molar-refractivity contribution in [3.05, 3.63) is 219 Å². The Morgan fingerprint density at radius 1 is 0.375 bits per heavy atom. The van der Waals surface area contributed by atoms with Gasteiger partial charge in [0.1, 0.15) is 6.33 Å². The minimum Gasteiger partial charge on any atom is -0.310 e. The van der Waals surface area contributed by atoms with Crippen molar-refractivity contribution in [1.82, 2.24) is 14.5 Å². The number of para-hydroxylation sites is 1. The van der Waals surface area contributed by atoms with Crippen molar-refractivity contribution < 1.29 is 0 Å². The standard InChI is InChI=1S/C52H36N4/c1-4-13-37(14-5-1)38-23-27-43(28-24-38)55(46-31-32-47(40-15-6-2-7-16-40)49(34-46)41-17-8-3-9-18-41)44-29-25-39(26-30-44)42-19-12-20-45(33-42)56-50-22-11-10-21-48(50)52-51(56)35-53-36-54-52/h1-36H. The Kier molecular flexibility index (Phi) is 8.47. The van der Waals surface area contributed by atoms with E-state index >= 15 is 0 Å². The van der Waals surface area contributed by atoms with E-state index in [0.29, 0.717) is 0 Å². The molecule has 0 saturated carbocycles. The molecule has 0 aliphatic rings. The van der Waals surface area contributed by atoms with E-state index in [-0.39, 0.29) is 0 Å². The summed E-state index contributed by atoms with van der Waals surface area (Å²) in [6, 6.07) is 73.6. The quantitative estimate of drug-likeness (QED) is 0.157. The molecule has 56 heavy (non-hydrogen) atoms. The average Bonchev–Trinajstić information content (AvgIpc) is 3.62. The Bertz CT molecular complexity index is 2880. The van der Waals surface area contributed by atoms with Gasteiger partial charge in [0.05, 0.1) is 22.7 Å². The molecule has 0 bridgehead atoms. The number of benzene rings is 8. The van der Waals surface area contributed by atoms with Crippen LogP contribution in [0.5, 0.6) is 0 Å². The van der Waals surface area contributed by atoms with Crippen LogP contribution in [-0.2, 0) is 0 Å². The van der Waals surface area contributed by atoms with Crippen molar-refractivity contribution in [1.29, 1.82) is 0 Å². The molecule has 0 radical (unpaired) electrons. The van der Waals surface area contributed by atoms with Gasteiger partial charge in [-0.2, -0.15) is 0 Å². The molecule has 2 heterocycles. The number of aromatic nitrogens is 3. The van der Waals surface area contributed by atoms with E-state index < -0.39 is 0 Å². The third-order valence-electron chi connectivity index (χ3n) is 10.6. The molecule has 0 saturated heterocycles. The van der Waals surface area contributed by atoms with Gasteiger partial charge in [-0.1, -0.05) is 152 Å². The first-order valence-electron chi connectivity index (χ1n) is 18.9. The minimum atomic E-state index is 0.953. The van der Waals surface area contributed by atoms with Crippen molar-refractivity contribution in [2.24, 2.45) is 0 Å². The molecule has 8 aromatic carbocycles. The van der Waals surface area contributed by atoms with Gasteiger partial charge < -0.3 is 9.47 Å². The molecule has 0 amide bonds. The van der Waals surface area contributed by atoms with Crippen molar-refractivity contribution in [3.63, 3.8) is 0 Å². The summed E-state index contributed by atoms with van der Waals surface area (Å²) in [4.78, 5) is 11.4. The molecule has 4 heteroatoms. The second kappa shape index (κ2) is 14.3. The predicted octanol–water partition coefficient (Wildman–Crippen LogP) is 13.7. The van der Waals surface area contributed by atoms with Crippen molar-refractivity contribution in [2.75, 3.05) is 4.90 Å². The van der Waals surface area contributed by atoms with Gasteiger partial charge >= 0.3 is 0 Å². The number of anilines is 3. The first-order chi connectivity index (χ1) is 27.8. The molecule has 0 fully saturated rings. The van der Waals surface area contributed by atoms with E-state index in [2.05, 4.69) is 226 Å². The molecule has 10 rings (SSSR count). The largest absolute Gasteiger partial charge is 0.310 e. The van der Waals surface area contributed by atoms with Gasteiger partial charge in [0.15, 0.2) is 0 Å². The topological polar surface area (TPSA) is 34.0 Å². The molecule has 4 nitrogen and oxygen atoms in total. The molecule has 0 atom stereocenters. The fourth-order valence-corrected chi connectivity index (χ4v) is 7.88. The van der Waals surface area contributed by atoms with Crippen LogP contribution in [0.1, 0.15) is 0 Å². The smallest absolute Gasteiger partial charge is 0.116 e. The van der Waals surface area contributed by atoms with Crippen LogP contribution in [0.3, 0.4) is 0 Å². The molecule has 0 N–H and O–H groups in total. The monoisotopic (exact) mass is 716 g/mol. The lowest BCUT2D eigenvalue weighted by Crippen LogP contribution is -2.10. The zero-order chi connectivity index (χ0) is 37.3. The Hall–Kier alpha value is -7.56. The number of rotatable bonds is 8. The third-order valence-corrected chi connectivity index (χ3v) is 10.6. The molecule has 264 valence electrons. The van der Waals surface area contributed by atoms with E-state index in [9.17, 15) is 0 Å². The van der Waals surface area contributed by atoms with E-state index in [1.54, 1.807) is 6.33 Å². The van der Waals surface area contributed by atoms with Gasteiger partial charge in [0.25, 0.3) is 0 Å². The van der Waals surface area contributed by atoms with Crippen LogP contribution in [0.4, 0.5) is 17.1 Å². The normalized spacial score (nSPS) is 11.2. The van der Waals surface area contributed by atoms with Gasteiger partial charge in [-0.05, 0) is 99.1 Å². The van der Waals surface area contributed by atoms with Crippen LogP contribution >= 0.6 is 0 Å². The summed E-state index contributed by atoms with van der Waals surface area (Å²) in [5.41, 5.74) is 16.8. The highest BCUT2D eigenvalue weighted by molar-refractivity contribution is 6.06. The van der Waals surface area contributed by atoms with Gasteiger partial charge in [-0.3, -0.25) is 0 Å². The zero-order valence-corrected chi connectivity index (χ0v) is 30.6. The molecule has 10 aromatic rings. The summed E-state index contributed by atoms with van der Waals surface area (Å²) in [6.07, 6.45) is 3.53. The van der Waals surface area contributed by atoms with Crippen molar-refractivity contribution in [3.8, 4) is 50.2 Å². The maximum absolute atomic E-state index is 4.64. The van der Waals surface area contributed by atoms with E-state index in [1.807, 2.05) is 6.20 Å². The van der Waals surface area contributed by atoms with Crippen LogP contribution in [0.15, 0.2) is 219 Å². The van der Waals surface area contributed by atoms with Gasteiger partial charge in [0, 0.05) is 28.1 Å². The van der Waals surface area contributed by atoms with E-state index in [4.69, 9.17) is 0 Å². The number of nitrogens with zero attached hydrogens (tertiary/aromatic N) is 4. The highest BCUT2D eigenvalue weighted by atomic mass is 15.1. The maximum Gasteiger partial charge on any atom is 0.116 e. The van der Waals surface area contributed by atoms with Crippen LogP contribution in [0, 0.1) is 0 Å². The number of hydrogen-bond acceptors (Lipinski definition) is 3. The fraction of sp³-hybridized carbons (Fsp3) is 0. The van der Waals surface area contributed by atoms with Crippen LogP contribution in [0.25, 0.3) is 72.1 Å². The highest BCUT2D eigenvalue weighted by Crippen LogP contribution is 2.42. The molecular weight excluding hydrogens is 681 g/mol. The zero-order valence-electron chi connectivity index (χ0n) is 30.6. The first kappa shape index (κ1) is 33.0. The lowest BCUT2D eigenvalue weighted by molar-refractivity contribution is 1.14. The fourth-order valence-electron chi connectivity index (χ4n) is 7.88. The molecule has 2 aromatic heterocycles. The third kappa shape index (κ3) is 6.09. The van der Waals surface area contributed by atoms with Crippen molar-refractivity contribution in [2.45, 2.75) is 0 Å². The summed E-state index contributed by atoms with van der Waals surface area (Å²) in [7, 11) is 0. The van der Waals surface area contributed by atoms with Gasteiger partial charge in [-0.15, -0.1) is 0 Å². The Morgan fingerprint density at radius 3 is 1.59 bits per heavy atom. The number of hydrogen-bond donors (Lipinski definition) is 0. The highest BCUT2D eigenvalue weighted by Gasteiger charge is 2.18. The minimum absolute atomic E-state index is 0.953. The van der Waals surface area contributed by atoms with E-state index in [0.717, 1.165) is 55.8 Å². The van der Waals surface area contributed by atoms with Crippen molar-refractivity contribution >= 4 is 39.0 Å². The van der Waals surface area contributed by atoms with Gasteiger partial charge in [0.2, 0.25) is 0 Å². The molecule has 0 aliphatic heterocycles. The van der Waals surface area contributed by atoms with Crippen LogP contribution in [-0.4, -0.2) is 14.5 Å². The van der Waals surface area contributed by atoms with Gasteiger partial charge in [-0.25, -0.2) is 9.97 Å². The van der Waals surface area contributed by atoms with Crippen LogP contribution < -0.4 is 4.90 Å². The molecule has 0 aliphatic carbocycles. The summed E-state index contributed by atoms with van der Waals surface area (Å²) in [5.74, 6) is 0. The second-order valence-corrected chi connectivity index (χ2v) is 13.9. The Labute approximate surface area is 326 Å². The first-order valence-corrected chi connectivity index (χ1v) is 18.9. The second-order valence-electron chi connectivity index (χ2n) is 13.9. The lowest BCUT2D eigenvalue weighted by Gasteiger charge is -2.27. The SMILES string of the molecule is c1ccc(-c2ccc(N(c3ccc(-c4cccc(-n5c6ccccc6c6ncncc65)c4)cc3)c3ccc(-c4ccccc4)c(-c4ccccc4)c3)cc2)cc1. The predicted molar refractivity (Wildman–Crippen MR) is 233 cm³/mol. The molecular formula is C52H36N4. The lowest BCUT2D eigenvalue weighted by atomic mass is 9.93. The van der Waals surface area contributed by atoms with E-state index in [1.165, 1.54) is 33.4 Å². The summed E-state index contributed by atoms with van der Waals surface area (Å²) in [5, 5.41) is 1.11. The molecule has 0 spiro atoms. The summed E-state index contributed by atoms with van der Waals surface area (Å²) < 4.78 is 2.26. The van der Waals surface area contributed by atoms with Crippen LogP contribution in [0.2, 0.25) is 0 Å². The Morgan fingerprint density at radius 2 is 0.911 bits per heavy atom. The maximum atomic E-state index is 4.64. The molecule has 0 unspecified atom stereocenters. The average molecular weight is 717 g/mol. The number of fused-ring (bicyclic) bond motifs is 3.